The van der Waals surface area contributed by atoms with Gasteiger partial charge in [0.2, 0.25) is 0 Å². The molecular formula is C10H21NNa2O4. The number of hydrogen-bond donors (Lipinski definition) is 2. The predicted molar refractivity (Wildman–Crippen MR) is 57.6 cm³/mol. The summed E-state index contributed by atoms with van der Waals surface area (Å²) in [6.45, 7) is 2.42. The quantitative estimate of drug-likeness (QED) is 0.261. The third-order valence-corrected chi connectivity index (χ3v) is 1.96. The molecule has 0 amide bonds. The zero-order valence-corrected chi connectivity index (χ0v) is 15.1. The minimum absolute atomic E-state index is 0. The van der Waals surface area contributed by atoms with E-state index in [2.05, 4.69) is 6.92 Å². The summed E-state index contributed by atoms with van der Waals surface area (Å²) in [6.07, 6.45) is 2.92. The zero-order valence-electron chi connectivity index (χ0n) is 13.1. The van der Waals surface area contributed by atoms with Crippen LogP contribution in [-0.4, -0.2) is 29.7 Å². The molecule has 1 atom stereocenters. The summed E-state index contributed by atoms with van der Waals surface area (Å²) in [5.74, 6) is -1.46. The molecule has 0 aromatic heterocycles. The molecule has 0 aromatic carbocycles. The minimum atomic E-state index is -0.954. The van der Waals surface area contributed by atoms with Crippen LogP contribution in [-0.2, 0) is 14.3 Å². The Morgan fingerprint density at radius 1 is 1.35 bits per heavy atom. The van der Waals surface area contributed by atoms with Gasteiger partial charge in [0.15, 0.2) is 0 Å². The Hall–Kier alpha value is 0.900. The molecule has 0 fully saturated rings. The fourth-order valence-electron chi connectivity index (χ4n) is 1.03. The van der Waals surface area contributed by atoms with Crippen LogP contribution in [0.2, 0.25) is 0 Å². The van der Waals surface area contributed by atoms with E-state index in [0.29, 0.717) is 6.61 Å². The largest absolute Gasteiger partial charge is 1.00 e. The van der Waals surface area contributed by atoms with E-state index in [-0.39, 0.29) is 74.8 Å². The zero-order chi connectivity index (χ0) is 11.7. The third kappa shape index (κ3) is 14.8. The fraction of sp³-hybridized carbons (Fsp3) is 0.800. The third-order valence-electron chi connectivity index (χ3n) is 1.96. The molecular weight excluding hydrogens is 244 g/mol. The van der Waals surface area contributed by atoms with Crippen LogP contribution in [0.5, 0.6) is 0 Å². The number of hydrogen-bond acceptors (Lipinski definition) is 4. The average Bonchev–Trinajstić information content (AvgIpc) is 2.20. The van der Waals surface area contributed by atoms with E-state index in [1.54, 1.807) is 0 Å². The smallest absolute Gasteiger partial charge is 1.00 e. The van der Waals surface area contributed by atoms with Crippen LogP contribution >= 0.6 is 0 Å². The standard InChI is InChI=1S/C10H19NO4.2Na.2H/c1-2-3-4-7-15-10(14)8(11)5-6-9(12)13;;;;/h8H,2-7,11H2,1H3,(H,12,13);;;;/q;2*+1;2*-1. The first-order chi connectivity index (χ1) is 7.07. The van der Waals surface area contributed by atoms with E-state index >= 15 is 0 Å². The van der Waals surface area contributed by atoms with E-state index < -0.39 is 18.0 Å². The van der Waals surface area contributed by atoms with Crippen molar-refractivity contribution in [1.82, 2.24) is 0 Å². The Balaban J connectivity index is -0.000000163. The second-order valence-electron chi connectivity index (χ2n) is 3.41. The maximum absolute atomic E-state index is 11.2. The van der Waals surface area contributed by atoms with Gasteiger partial charge in [-0.2, -0.15) is 0 Å². The van der Waals surface area contributed by atoms with E-state index in [1.807, 2.05) is 0 Å². The number of rotatable bonds is 8. The Bertz CT molecular complexity index is 224. The molecule has 0 aromatic rings. The SMILES string of the molecule is CCCCCOC(=O)C(N)CCC(=O)O.[H-].[H-].[Na+].[Na+]. The Kier molecular flexibility index (Phi) is 20.3. The van der Waals surface area contributed by atoms with E-state index in [9.17, 15) is 9.59 Å². The summed E-state index contributed by atoms with van der Waals surface area (Å²) in [5.41, 5.74) is 5.44. The molecule has 3 N–H and O–H groups in total. The molecule has 7 heteroatoms. The number of nitrogens with two attached hydrogens (primary N) is 1. The topological polar surface area (TPSA) is 89.6 Å². The first kappa shape index (κ1) is 23.0. The number of carboxylic acid groups (broad SMARTS) is 1. The van der Waals surface area contributed by atoms with Crippen molar-refractivity contribution in [2.24, 2.45) is 5.73 Å². The van der Waals surface area contributed by atoms with Gasteiger partial charge in [-0.15, -0.1) is 0 Å². The molecule has 0 aliphatic heterocycles. The van der Waals surface area contributed by atoms with Crippen LogP contribution < -0.4 is 64.8 Å². The van der Waals surface area contributed by atoms with Crippen molar-refractivity contribution in [2.45, 2.75) is 45.1 Å². The summed E-state index contributed by atoms with van der Waals surface area (Å²) in [7, 11) is 0. The molecule has 0 aliphatic carbocycles. The molecule has 5 nitrogen and oxygen atoms in total. The van der Waals surface area contributed by atoms with Gasteiger partial charge in [0.25, 0.3) is 0 Å². The normalized spacial score (nSPS) is 10.7. The molecule has 0 aliphatic rings. The van der Waals surface area contributed by atoms with Crippen LogP contribution in [0.4, 0.5) is 0 Å². The number of carbonyl (C=O) groups is 2. The van der Waals surface area contributed by atoms with Crippen LogP contribution in [0.1, 0.15) is 41.9 Å². The monoisotopic (exact) mass is 265 g/mol. The number of aliphatic carboxylic acids is 1. The van der Waals surface area contributed by atoms with Gasteiger partial charge in [0.1, 0.15) is 6.04 Å². The van der Waals surface area contributed by atoms with Gasteiger partial charge in [0, 0.05) is 6.42 Å². The number of carbonyl (C=O) groups excluding carboxylic acids is 1. The molecule has 0 saturated heterocycles. The molecule has 0 radical (unpaired) electrons. The van der Waals surface area contributed by atoms with Gasteiger partial charge in [-0.25, -0.2) is 0 Å². The molecule has 0 rings (SSSR count). The number of esters is 1. The Morgan fingerprint density at radius 2 is 1.94 bits per heavy atom. The van der Waals surface area contributed by atoms with Gasteiger partial charge >= 0.3 is 71.1 Å². The van der Waals surface area contributed by atoms with Crippen LogP contribution in [0.25, 0.3) is 0 Å². The van der Waals surface area contributed by atoms with E-state index in [4.69, 9.17) is 15.6 Å². The van der Waals surface area contributed by atoms with Crippen LogP contribution in [0, 0.1) is 0 Å². The van der Waals surface area contributed by atoms with Crippen molar-refractivity contribution in [3.63, 3.8) is 0 Å². The molecule has 0 bridgehead atoms. The van der Waals surface area contributed by atoms with Crippen LogP contribution in [0.3, 0.4) is 0 Å². The van der Waals surface area contributed by atoms with Gasteiger partial charge < -0.3 is 18.4 Å². The predicted octanol–water partition coefficient (Wildman–Crippen LogP) is -4.86. The first-order valence-corrected chi connectivity index (χ1v) is 5.22. The fourth-order valence-corrected chi connectivity index (χ4v) is 1.03. The minimum Gasteiger partial charge on any atom is -1.00 e. The van der Waals surface area contributed by atoms with Crippen molar-refractivity contribution in [3.8, 4) is 0 Å². The number of ether oxygens (including phenoxy) is 1. The Morgan fingerprint density at radius 3 is 2.41 bits per heavy atom. The molecule has 1 unspecified atom stereocenters. The summed E-state index contributed by atoms with van der Waals surface area (Å²) < 4.78 is 4.88. The van der Waals surface area contributed by atoms with E-state index in [0.717, 1.165) is 19.3 Å². The van der Waals surface area contributed by atoms with Crippen molar-refractivity contribution in [3.05, 3.63) is 0 Å². The van der Waals surface area contributed by atoms with Gasteiger partial charge in [-0.1, -0.05) is 19.8 Å². The molecule has 0 spiro atoms. The van der Waals surface area contributed by atoms with Gasteiger partial charge in [0.05, 0.1) is 6.61 Å². The van der Waals surface area contributed by atoms with Crippen molar-refractivity contribution in [1.29, 1.82) is 0 Å². The summed E-state index contributed by atoms with van der Waals surface area (Å²) in [4.78, 5) is 21.4. The summed E-state index contributed by atoms with van der Waals surface area (Å²) in [6, 6.07) is -0.817. The molecule has 17 heavy (non-hydrogen) atoms. The van der Waals surface area contributed by atoms with E-state index in [1.165, 1.54) is 0 Å². The maximum atomic E-state index is 11.2. The van der Waals surface area contributed by atoms with Crippen molar-refractivity contribution >= 4 is 11.9 Å². The summed E-state index contributed by atoms with van der Waals surface area (Å²) >= 11 is 0. The molecule has 0 saturated carbocycles. The summed E-state index contributed by atoms with van der Waals surface area (Å²) in [5, 5.41) is 8.38. The van der Waals surface area contributed by atoms with Gasteiger partial charge in [-0.05, 0) is 12.8 Å². The Labute approximate surface area is 149 Å². The van der Waals surface area contributed by atoms with Gasteiger partial charge in [-0.3, -0.25) is 9.59 Å². The second-order valence-corrected chi connectivity index (χ2v) is 3.41. The number of unbranched alkanes of at least 4 members (excludes halogenated alkanes) is 2. The first-order valence-electron chi connectivity index (χ1n) is 5.22. The maximum Gasteiger partial charge on any atom is 1.00 e. The van der Waals surface area contributed by atoms with Crippen molar-refractivity contribution < 1.29 is 81.4 Å². The average molecular weight is 265 g/mol. The molecule has 92 valence electrons. The molecule has 0 heterocycles. The number of carboxylic acids is 1. The van der Waals surface area contributed by atoms with Crippen molar-refractivity contribution in [2.75, 3.05) is 6.61 Å². The second kappa shape index (κ2) is 15.0. The van der Waals surface area contributed by atoms with Crippen LogP contribution in [0.15, 0.2) is 0 Å².